The molecule has 3 aliphatic rings. The first-order valence-electron chi connectivity index (χ1n) is 13.1. The third-order valence-electron chi connectivity index (χ3n) is 8.58. The largest absolute Gasteiger partial charge is 0.481 e. The number of hydrogen-bond acceptors (Lipinski definition) is 6. The second-order valence-corrected chi connectivity index (χ2v) is 12.5. The van der Waals surface area contributed by atoms with Crippen LogP contribution in [0.1, 0.15) is 57.6 Å². The summed E-state index contributed by atoms with van der Waals surface area (Å²) in [6.45, 7) is 7.87. The van der Waals surface area contributed by atoms with Crippen LogP contribution < -0.4 is 10.2 Å². The highest BCUT2D eigenvalue weighted by molar-refractivity contribution is 6.35. The molecule has 3 heterocycles. The summed E-state index contributed by atoms with van der Waals surface area (Å²) in [6.07, 6.45) is 6.71. The van der Waals surface area contributed by atoms with Crippen molar-refractivity contribution in [2.75, 3.05) is 36.4 Å². The third-order valence-corrected chi connectivity index (χ3v) is 9.42. The van der Waals surface area contributed by atoms with E-state index in [1.54, 1.807) is 12.3 Å². The summed E-state index contributed by atoms with van der Waals surface area (Å²) in [5.74, 6) is 1.81. The number of rotatable bonds is 7. The number of anilines is 2. The van der Waals surface area contributed by atoms with E-state index in [1.807, 2.05) is 26.0 Å². The predicted molar refractivity (Wildman–Crippen MR) is 149 cm³/mol. The third kappa shape index (κ3) is 5.65. The van der Waals surface area contributed by atoms with Crippen molar-refractivity contribution in [1.29, 1.82) is 0 Å². The van der Waals surface area contributed by atoms with Gasteiger partial charge in [-0.2, -0.15) is 4.98 Å². The van der Waals surface area contributed by atoms with Crippen molar-refractivity contribution < 1.29 is 9.90 Å². The number of hydrogen-bond donors (Lipinski definition) is 2. The SMILES string of the molecule is C[C@@H](Nc1nc(N2CCC(C3CCCN(C4CC(C)(C(=O)O)C4)C3)C2)ncc1Cl)c1ccc(Cl)cc1Cl. The highest BCUT2D eigenvalue weighted by Crippen LogP contribution is 2.45. The number of nitrogens with zero attached hydrogens (tertiary/aromatic N) is 4. The van der Waals surface area contributed by atoms with Gasteiger partial charge < -0.3 is 20.2 Å². The van der Waals surface area contributed by atoms with Crippen molar-refractivity contribution in [2.45, 2.75) is 58.0 Å². The van der Waals surface area contributed by atoms with Gasteiger partial charge in [-0.25, -0.2) is 4.98 Å². The van der Waals surface area contributed by atoms with Crippen LogP contribution in [0.5, 0.6) is 0 Å². The van der Waals surface area contributed by atoms with Crippen LogP contribution >= 0.6 is 34.8 Å². The molecule has 3 atom stereocenters. The molecule has 2 aliphatic heterocycles. The smallest absolute Gasteiger partial charge is 0.309 e. The Morgan fingerprint density at radius 3 is 2.62 bits per heavy atom. The first-order chi connectivity index (χ1) is 17.6. The van der Waals surface area contributed by atoms with Crippen molar-refractivity contribution in [2.24, 2.45) is 17.3 Å². The molecule has 0 radical (unpaired) electrons. The minimum atomic E-state index is -0.661. The van der Waals surface area contributed by atoms with Gasteiger partial charge in [0.15, 0.2) is 5.82 Å². The molecule has 10 heteroatoms. The molecule has 2 saturated heterocycles. The molecule has 1 aromatic carbocycles. The molecule has 3 fully saturated rings. The number of aliphatic carboxylic acids is 1. The Balaban J connectivity index is 1.21. The fourth-order valence-electron chi connectivity index (χ4n) is 6.27. The van der Waals surface area contributed by atoms with Gasteiger partial charge in [0.1, 0.15) is 5.02 Å². The summed E-state index contributed by atoms with van der Waals surface area (Å²) in [5, 5.41) is 14.5. The molecule has 200 valence electrons. The molecule has 5 rings (SSSR count). The monoisotopic (exact) mass is 565 g/mol. The van der Waals surface area contributed by atoms with E-state index in [2.05, 4.69) is 20.1 Å². The molecule has 0 bridgehead atoms. The summed E-state index contributed by atoms with van der Waals surface area (Å²) in [6, 6.07) is 5.75. The number of likely N-dealkylation sites (tertiary alicyclic amines) is 1. The lowest BCUT2D eigenvalue weighted by molar-refractivity contribution is -0.158. The summed E-state index contributed by atoms with van der Waals surface area (Å²) < 4.78 is 0. The Labute approximate surface area is 233 Å². The molecule has 37 heavy (non-hydrogen) atoms. The quantitative estimate of drug-likeness (QED) is 0.401. The number of benzene rings is 1. The molecule has 1 aromatic heterocycles. The Bertz CT molecular complexity index is 1160. The van der Waals surface area contributed by atoms with Crippen LogP contribution in [0.4, 0.5) is 11.8 Å². The number of carboxylic acid groups (broad SMARTS) is 1. The maximum atomic E-state index is 11.5. The van der Waals surface area contributed by atoms with Gasteiger partial charge in [0.25, 0.3) is 0 Å². The lowest BCUT2D eigenvalue weighted by Crippen LogP contribution is -2.55. The van der Waals surface area contributed by atoms with Crippen molar-refractivity contribution >= 4 is 52.5 Å². The van der Waals surface area contributed by atoms with Crippen molar-refractivity contribution in [3.8, 4) is 0 Å². The van der Waals surface area contributed by atoms with E-state index in [0.717, 1.165) is 51.0 Å². The minimum absolute atomic E-state index is 0.112. The molecule has 2 N–H and O–H groups in total. The maximum Gasteiger partial charge on any atom is 0.309 e. The molecule has 2 unspecified atom stereocenters. The van der Waals surface area contributed by atoms with E-state index in [-0.39, 0.29) is 6.04 Å². The standard InChI is InChI=1S/C27H34Cl3N5O2/c1-16(21-6-5-19(28)10-22(21)29)32-24-23(30)13-31-26(33-24)35-9-7-18(15-35)17-4-3-8-34(14-17)20-11-27(2,12-20)25(36)37/h5-6,10,13,16-18,20H,3-4,7-9,11-12,14-15H2,1-2H3,(H,36,37)(H,31,32,33)/t16-,17?,18?,20?,27?/m1/s1. The Hall–Kier alpha value is -1.80. The van der Waals surface area contributed by atoms with Gasteiger partial charge in [0.05, 0.1) is 17.7 Å². The molecule has 7 nitrogen and oxygen atoms in total. The van der Waals surface area contributed by atoms with Crippen LogP contribution in [-0.4, -0.2) is 58.2 Å². The van der Waals surface area contributed by atoms with Gasteiger partial charge in [0.2, 0.25) is 5.95 Å². The Morgan fingerprint density at radius 2 is 1.89 bits per heavy atom. The second kappa shape index (κ2) is 10.8. The van der Waals surface area contributed by atoms with Gasteiger partial charge in [-0.1, -0.05) is 40.9 Å². The molecule has 0 amide bonds. The van der Waals surface area contributed by atoms with Gasteiger partial charge in [-0.05, 0) is 82.0 Å². The Morgan fingerprint density at radius 1 is 1.14 bits per heavy atom. The molecule has 1 saturated carbocycles. The van der Waals surface area contributed by atoms with Crippen LogP contribution in [0, 0.1) is 17.3 Å². The topological polar surface area (TPSA) is 81.6 Å². The zero-order valence-corrected chi connectivity index (χ0v) is 23.5. The maximum absolute atomic E-state index is 11.5. The normalized spacial score (nSPS) is 29.1. The lowest BCUT2D eigenvalue weighted by atomic mass is 9.65. The van der Waals surface area contributed by atoms with Crippen LogP contribution in [0.3, 0.4) is 0 Å². The first-order valence-corrected chi connectivity index (χ1v) is 14.2. The van der Waals surface area contributed by atoms with Crippen LogP contribution in [-0.2, 0) is 4.79 Å². The van der Waals surface area contributed by atoms with Crippen LogP contribution in [0.15, 0.2) is 24.4 Å². The molecular weight excluding hydrogens is 533 g/mol. The summed E-state index contributed by atoms with van der Waals surface area (Å²) in [7, 11) is 0. The number of halogens is 3. The molecule has 2 aromatic rings. The van der Waals surface area contributed by atoms with E-state index in [1.165, 1.54) is 12.8 Å². The summed E-state index contributed by atoms with van der Waals surface area (Å²) in [5.41, 5.74) is 0.371. The van der Waals surface area contributed by atoms with E-state index < -0.39 is 11.4 Å². The van der Waals surface area contributed by atoms with Crippen molar-refractivity contribution in [3.63, 3.8) is 0 Å². The number of aromatic nitrogens is 2. The molecule has 1 aliphatic carbocycles. The van der Waals surface area contributed by atoms with Crippen molar-refractivity contribution in [1.82, 2.24) is 14.9 Å². The van der Waals surface area contributed by atoms with Gasteiger partial charge in [-0.3, -0.25) is 4.79 Å². The highest BCUT2D eigenvalue weighted by Gasteiger charge is 2.49. The van der Waals surface area contributed by atoms with E-state index >= 15 is 0 Å². The zero-order chi connectivity index (χ0) is 26.3. The lowest BCUT2D eigenvalue weighted by Gasteiger charge is -2.50. The first kappa shape index (κ1) is 26.8. The van der Waals surface area contributed by atoms with E-state index in [9.17, 15) is 9.90 Å². The van der Waals surface area contributed by atoms with Crippen LogP contribution in [0.25, 0.3) is 0 Å². The number of carboxylic acids is 1. The fraction of sp³-hybridized carbons (Fsp3) is 0.593. The van der Waals surface area contributed by atoms with Gasteiger partial charge in [-0.15, -0.1) is 0 Å². The second-order valence-electron chi connectivity index (χ2n) is 11.2. The van der Waals surface area contributed by atoms with Crippen molar-refractivity contribution in [3.05, 3.63) is 45.0 Å². The van der Waals surface area contributed by atoms with Crippen LogP contribution in [0.2, 0.25) is 15.1 Å². The number of nitrogens with one attached hydrogen (secondary N) is 1. The fourth-order valence-corrected chi connectivity index (χ4v) is 6.99. The number of carbonyl (C=O) groups is 1. The average Bonchev–Trinajstić information content (AvgIpc) is 3.33. The molecule has 0 spiro atoms. The Kier molecular flexibility index (Phi) is 7.79. The molecular formula is C27H34Cl3N5O2. The summed E-state index contributed by atoms with van der Waals surface area (Å²) >= 11 is 18.9. The van der Waals surface area contributed by atoms with E-state index in [4.69, 9.17) is 39.8 Å². The average molecular weight is 567 g/mol. The zero-order valence-electron chi connectivity index (χ0n) is 21.3. The van der Waals surface area contributed by atoms with Gasteiger partial charge >= 0.3 is 5.97 Å². The summed E-state index contributed by atoms with van der Waals surface area (Å²) in [4.78, 5) is 25.6. The minimum Gasteiger partial charge on any atom is -0.481 e. The number of piperidine rings is 1. The highest BCUT2D eigenvalue weighted by atomic mass is 35.5. The van der Waals surface area contributed by atoms with E-state index in [0.29, 0.717) is 44.7 Å². The predicted octanol–water partition coefficient (Wildman–Crippen LogP) is 6.40. The van der Waals surface area contributed by atoms with Gasteiger partial charge in [0, 0.05) is 35.7 Å².